The van der Waals surface area contributed by atoms with E-state index in [0.29, 0.717) is 0 Å². The Morgan fingerprint density at radius 2 is 2.24 bits per heavy atom. The number of methoxy groups -OCH3 is 1. The number of aliphatic hydroxyl groups is 1. The number of aliphatic hydroxyl groups excluding tert-OH is 1. The zero-order valence-electron chi connectivity index (χ0n) is 9.28. The molecule has 7 nitrogen and oxygen atoms in total. The number of alkyl halides is 1. The molecule has 8 heteroatoms. The fourth-order valence-electron chi connectivity index (χ4n) is 1.63. The molecule has 0 amide bonds. The average molecular weight is 253 g/mol. The predicted molar refractivity (Wildman–Crippen MR) is 53.0 cm³/mol. The average Bonchev–Trinajstić information content (AvgIpc) is 2.30. The number of rotatable bonds is 5. The molecule has 0 bridgehead atoms. The van der Waals surface area contributed by atoms with E-state index >= 15 is 0 Å². The van der Waals surface area contributed by atoms with Crippen LogP contribution in [-0.4, -0.2) is 67.2 Å². The molecule has 1 aliphatic rings. The Labute approximate surface area is 97.2 Å². The highest BCUT2D eigenvalue weighted by Gasteiger charge is 2.44. The quantitative estimate of drug-likeness (QED) is 0.546. The lowest BCUT2D eigenvalue weighted by atomic mass is 9.97. The number of hydrogen-bond acceptors (Lipinski definition) is 6. The van der Waals surface area contributed by atoms with E-state index in [0.717, 1.165) is 0 Å². The van der Waals surface area contributed by atoms with Crippen LogP contribution in [0.2, 0.25) is 0 Å². The summed E-state index contributed by atoms with van der Waals surface area (Å²) in [6, 6.07) is -0.978. The Balaban J connectivity index is 2.68. The van der Waals surface area contributed by atoms with Gasteiger partial charge in [-0.3, -0.25) is 0 Å². The molecule has 4 N–H and O–H groups in total. The molecule has 0 aliphatic carbocycles. The van der Waals surface area contributed by atoms with Crippen LogP contribution < -0.4 is 5.73 Å². The van der Waals surface area contributed by atoms with E-state index in [1.807, 2.05) is 0 Å². The van der Waals surface area contributed by atoms with Gasteiger partial charge in [0.2, 0.25) is 0 Å². The molecule has 0 spiro atoms. The van der Waals surface area contributed by atoms with Crippen molar-refractivity contribution < 1.29 is 33.6 Å². The van der Waals surface area contributed by atoms with Gasteiger partial charge >= 0.3 is 5.97 Å². The second-order valence-corrected chi connectivity index (χ2v) is 3.67. The lowest BCUT2D eigenvalue weighted by molar-refractivity contribution is -0.273. The van der Waals surface area contributed by atoms with Gasteiger partial charge in [0, 0.05) is 7.11 Å². The van der Waals surface area contributed by atoms with Crippen LogP contribution in [0.25, 0.3) is 0 Å². The summed E-state index contributed by atoms with van der Waals surface area (Å²) in [5.41, 5.74) is 5.65. The standard InChI is InChI=1S/C9H16FNO6/c1-15-9-8(16-3-5(12)13)6(11)7(14)4(2-10)17-9/h4,6-9,14H,2-3,11H2,1H3,(H,12,13). The minimum absolute atomic E-state index is 0.603. The molecule has 0 aromatic carbocycles. The zero-order valence-corrected chi connectivity index (χ0v) is 9.28. The summed E-state index contributed by atoms with van der Waals surface area (Å²) >= 11 is 0. The Kier molecular flexibility index (Phi) is 5.22. The van der Waals surface area contributed by atoms with E-state index in [2.05, 4.69) is 0 Å². The van der Waals surface area contributed by atoms with E-state index < -0.39 is 49.9 Å². The molecule has 1 heterocycles. The SMILES string of the molecule is COC1OC(CF)C(O)C(N)C1OCC(=O)O. The van der Waals surface area contributed by atoms with Crippen LogP contribution >= 0.6 is 0 Å². The molecule has 5 unspecified atom stereocenters. The van der Waals surface area contributed by atoms with Crippen molar-refractivity contribution in [2.75, 3.05) is 20.4 Å². The summed E-state index contributed by atoms with van der Waals surface area (Å²) in [5, 5.41) is 18.1. The van der Waals surface area contributed by atoms with Gasteiger partial charge in [0.25, 0.3) is 0 Å². The normalized spacial score (nSPS) is 38.0. The van der Waals surface area contributed by atoms with Gasteiger partial charge in [0.15, 0.2) is 6.29 Å². The molecule has 1 fully saturated rings. The number of ether oxygens (including phenoxy) is 3. The smallest absolute Gasteiger partial charge is 0.329 e. The molecule has 1 rings (SSSR count). The number of carboxylic acid groups (broad SMARTS) is 1. The Morgan fingerprint density at radius 1 is 1.59 bits per heavy atom. The summed E-state index contributed by atoms with van der Waals surface area (Å²) in [7, 11) is 1.29. The highest BCUT2D eigenvalue weighted by molar-refractivity contribution is 5.68. The molecule has 100 valence electrons. The number of carboxylic acids is 1. The Morgan fingerprint density at radius 3 is 2.71 bits per heavy atom. The third kappa shape index (κ3) is 3.33. The van der Waals surface area contributed by atoms with Crippen molar-refractivity contribution >= 4 is 5.97 Å². The molecule has 5 atom stereocenters. The molecule has 0 aromatic rings. The van der Waals surface area contributed by atoms with Crippen molar-refractivity contribution in [2.24, 2.45) is 5.73 Å². The van der Waals surface area contributed by atoms with Gasteiger partial charge in [-0.1, -0.05) is 0 Å². The van der Waals surface area contributed by atoms with E-state index in [1.54, 1.807) is 0 Å². The topological polar surface area (TPSA) is 111 Å². The summed E-state index contributed by atoms with van der Waals surface area (Å²) in [4.78, 5) is 10.4. The predicted octanol–water partition coefficient (Wildman–Crippen LogP) is -1.51. The van der Waals surface area contributed by atoms with Gasteiger partial charge in [0.1, 0.15) is 31.6 Å². The first-order valence-corrected chi connectivity index (χ1v) is 5.02. The molecule has 17 heavy (non-hydrogen) atoms. The van der Waals surface area contributed by atoms with Gasteiger partial charge in [0.05, 0.1) is 6.04 Å². The molecular formula is C9H16FNO6. The summed E-state index contributed by atoms with van der Waals surface area (Å²) in [6.07, 6.45) is -4.34. The third-order valence-corrected chi connectivity index (χ3v) is 2.52. The van der Waals surface area contributed by atoms with Gasteiger partial charge in [-0.05, 0) is 0 Å². The Bertz CT molecular complexity index is 264. The van der Waals surface area contributed by atoms with Crippen molar-refractivity contribution in [3.8, 4) is 0 Å². The van der Waals surface area contributed by atoms with Crippen molar-refractivity contribution in [1.29, 1.82) is 0 Å². The fourth-order valence-corrected chi connectivity index (χ4v) is 1.63. The van der Waals surface area contributed by atoms with Crippen molar-refractivity contribution in [1.82, 2.24) is 0 Å². The second kappa shape index (κ2) is 6.22. The first kappa shape index (κ1) is 14.3. The number of hydrogen-bond donors (Lipinski definition) is 3. The van der Waals surface area contributed by atoms with E-state index in [-0.39, 0.29) is 0 Å². The third-order valence-electron chi connectivity index (χ3n) is 2.52. The van der Waals surface area contributed by atoms with Crippen LogP contribution in [0.1, 0.15) is 0 Å². The first-order valence-electron chi connectivity index (χ1n) is 5.02. The largest absolute Gasteiger partial charge is 0.480 e. The van der Waals surface area contributed by atoms with Crippen LogP contribution in [0.15, 0.2) is 0 Å². The van der Waals surface area contributed by atoms with Crippen LogP contribution in [-0.2, 0) is 19.0 Å². The van der Waals surface area contributed by atoms with Crippen LogP contribution in [0.3, 0.4) is 0 Å². The summed E-state index contributed by atoms with van der Waals surface area (Å²) in [6.45, 7) is -1.52. The van der Waals surface area contributed by atoms with E-state index in [4.69, 9.17) is 25.1 Å². The number of halogens is 1. The van der Waals surface area contributed by atoms with Crippen molar-refractivity contribution in [3.63, 3.8) is 0 Å². The van der Waals surface area contributed by atoms with Gasteiger partial charge < -0.3 is 30.2 Å². The van der Waals surface area contributed by atoms with Crippen molar-refractivity contribution in [2.45, 2.75) is 30.6 Å². The molecule has 0 saturated carbocycles. The Hall–Kier alpha value is -0.800. The highest BCUT2D eigenvalue weighted by Crippen LogP contribution is 2.23. The molecular weight excluding hydrogens is 237 g/mol. The monoisotopic (exact) mass is 253 g/mol. The van der Waals surface area contributed by atoms with Crippen molar-refractivity contribution in [3.05, 3.63) is 0 Å². The summed E-state index contributed by atoms with van der Waals surface area (Å²) in [5.74, 6) is -1.19. The van der Waals surface area contributed by atoms with Gasteiger partial charge in [-0.25, -0.2) is 9.18 Å². The maximum Gasteiger partial charge on any atom is 0.329 e. The van der Waals surface area contributed by atoms with E-state index in [9.17, 15) is 14.3 Å². The zero-order chi connectivity index (χ0) is 13.0. The minimum Gasteiger partial charge on any atom is -0.480 e. The van der Waals surface area contributed by atoms with Crippen LogP contribution in [0, 0.1) is 0 Å². The number of nitrogens with two attached hydrogens (primary N) is 1. The lowest BCUT2D eigenvalue weighted by Crippen LogP contribution is -2.63. The molecule has 1 saturated heterocycles. The second-order valence-electron chi connectivity index (χ2n) is 3.67. The molecule has 0 radical (unpaired) electrons. The first-order chi connectivity index (χ1) is 8.01. The number of carbonyl (C=O) groups is 1. The highest BCUT2D eigenvalue weighted by atomic mass is 19.1. The number of aliphatic carboxylic acids is 1. The van der Waals surface area contributed by atoms with Crippen LogP contribution in [0.4, 0.5) is 4.39 Å². The maximum atomic E-state index is 12.5. The van der Waals surface area contributed by atoms with Gasteiger partial charge in [-0.15, -0.1) is 0 Å². The molecule has 1 aliphatic heterocycles. The van der Waals surface area contributed by atoms with Gasteiger partial charge in [-0.2, -0.15) is 0 Å². The van der Waals surface area contributed by atoms with Crippen LogP contribution in [0.5, 0.6) is 0 Å². The maximum absolute atomic E-state index is 12.5. The minimum atomic E-state index is -1.27. The fraction of sp³-hybridized carbons (Fsp3) is 0.889. The lowest BCUT2D eigenvalue weighted by Gasteiger charge is -2.41. The molecule has 0 aromatic heterocycles. The van der Waals surface area contributed by atoms with E-state index in [1.165, 1.54) is 7.11 Å². The summed E-state index contributed by atoms with van der Waals surface area (Å²) < 4.78 is 27.4.